The molecule has 1 fully saturated rings. The van der Waals surface area contributed by atoms with E-state index in [4.69, 9.17) is 0 Å². The molecule has 1 aromatic heterocycles. The lowest BCUT2D eigenvalue weighted by Crippen LogP contribution is -2.25. The summed E-state index contributed by atoms with van der Waals surface area (Å²) in [6.45, 7) is 1.01. The summed E-state index contributed by atoms with van der Waals surface area (Å²) >= 11 is 3.62. The second-order valence-electron chi connectivity index (χ2n) is 3.93. The van der Waals surface area contributed by atoms with Gasteiger partial charge in [0.15, 0.2) is 0 Å². The SMILES string of the molecule is BrCC1(Cn2cncn2)CCCC1. The number of halogens is 1. The molecule has 0 N–H and O–H groups in total. The molecule has 13 heavy (non-hydrogen) atoms. The van der Waals surface area contributed by atoms with Crippen LogP contribution in [0.2, 0.25) is 0 Å². The minimum Gasteiger partial charge on any atom is -0.252 e. The quantitative estimate of drug-likeness (QED) is 0.763. The summed E-state index contributed by atoms with van der Waals surface area (Å²) < 4.78 is 1.95. The Morgan fingerprint density at radius 2 is 2.15 bits per heavy atom. The van der Waals surface area contributed by atoms with Gasteiger partial charge >= 0.3 is 0 Å². The summed E-state index contributed by atoms with van der Waals surface area (Å²) in [4.78, 5) is 3.97. The highest BCUT2D eigenvalue weighted by Gasteiger charge is 2.33. The third-order valence-electron chi connectivity index (χ3n) is 2.91. The van der Waals surface area contributed by atoms with E-state index >= 15 is 0 Å². The summed E-state index contributed by atoms with van der Waals surface area (Å²) in [5.41, 5.74) is 0.438. The topological polar surface area (TPSA) is 30.7 Å². The Labute approximate surface area is 86.7 Å². The number of nitrogens with zero attached hydrogens (tertiary/aromatic N) is 3. The fraction of sp³-hybridized carbons (Fsp3) is 0.778. The van der Waals surface area contributed by atoms with Gasteiger partial charge in [0, 0.05) is 11.9 Å². The Morgan fingerprint density at radius 1 is 1.38 bits per heavy atom. The Balaban J connectivity index is 2.06. The Morgan fingerprint density at radius 3 is 2.69 bits per heavy atom. The molecule has 0 saturated heterocycles. The van der Waals surface area contributed by atoms with Crippen LogP contribution in [0.4, 0.5) is 0 Å². The van der Waals surface area contributed by atoms with E-state index in [0.717, 1.165) is 11.9 Å². The molecular formula is C9H14BrN3. The highest BCUT2D eigenvalue weighted by atomic mass is 79.9. The van der Waals surface area contributed by atoms with Crippen molar-refractivity contribution in [3.8, 4) is 0 Å². The highest BCUT2D eigenvalue weighted by Crippen LogP contribution is 2.40. The fourth-order valence-corrected chi connectivity index (χ4v) is 2.86. The first-order valence-corrected chi connectivity index (χ1v) is 5.85. The van der Waals surface area contributed by atoms with Gasteiger partial charge in [-0.25, -0.2) is 4.98 Å². The third-order valence-corrected chi connectivity index (χ3v) is 4.10. The summed E-state index contributed by atoms with van der Waals surface area (Å²) in [6.07, 6.45) is 8.77. The van der Waals surface area contributed by atoms with Crippen LogP contribution in [-0.4, -0.2) is 20.1 Å². The average Bonchev–Trinajstić information content (AvgIpc) is 2.77. The number of hydrogen-bond donors (Lipinski definition) is 0. The second kappa shape index (κ2) is 3.78. The lowest BCUT2D eigenvalue weighted by molar-refractivity contribution is 0.277. The first kappa shape index (κ1) is 9.19. The van der Waals surface area contributed by atoms with Gasteiger partial charge in [0.05, 0.1) is 0 Å². The molecule has 4 heteroatoms. The van der Waals surface area contributed by atoms with Crippen LogP contribution in [0.25, 0.3) is 0 Å². The van der Waals surface area contributed by atoms with Crippen LogP contribution < -0.4 is 0 Å². The Hall–Kier alpha value is -0.380. The van der Waals surface area contributed by atoms with Gasteiger partial charge in [-0.2, -0.15) is 5.10 Å². The van der Waals surface area contributed by atoms with E-state index in [2.05, 4.69) is 26.0 Å². The normalized spacial score (nSPS) is 20.7. The summed E-state index contributed by atoms with van der Waals surface area (Å²) in [7, 11) is 0. The van der Waals surface area contributed by atoms with Gasteiger partial charge in [0.25, 0.3) is 0 Å². The molecule has 1 aromatic rings. The van der Waals surface area contributed by atoms with Crippen molar-refractivity contribution in [1.82, 2.24) is 14.8 Å². The molecule has 2 rings (SSSR count). The van der Waals surface area contributed by atoms with E-state index in [1.54, 1.807) is 6.33 Å². The molecule has 0 aliphatic heterocycles. The van der Waals surface area contributed by atoms with Crippen LogP contribution in [-0.2, 0) is 6.54 Å². The van der Waals surface area contributed by atoms with E-state index in [-0.39, 0.29) is 0 Å². The van der Waals surface area contributed by atoms with E-state index in [0.29, 0.717) is 5.41 Å². The Bertz CT molecular complexity index is 252. The molecule has 1 heterocycles. The fourth-order valence-electron chi connectivity index (χ4n) is 2.12. The maximum absolute atomic E-state index is 4.16. The standard InChI is InChI=1S/C9H14BrN3/c10-5-9(3-1-2-4-9)6-13-8-11-7-12-13/h7-8H,1-6H2. The maximum atomic E-state index is 4.16. The van der Waals surface area contributed by atoms with Crippen LogP contribution in [0.15, 0.2) is 12.7 Å². The molecule has 1 aliphatic carbocycles. The van der Waals surface area contributed by atoms with Crippen LogP contribution >= 0.6 is 15.9 Å². The molecule has 3 nitrogen and oxygen atoms in total. The van der Waals surface area contributed by atoms with Gasteiger partial charge < -0.3 is 0 Å². The van der Waals surface area contributed by atoms with E-state index < -0.39 is 0 Å². The predicted molar refractivity (Wildman–Crippen MR) is 54.7 cm³/mol. The molecule has 0 amide bonds. The molecule has 72 valence electrons. The van der Waals surface area contributed by atoms with Crippen molar-refractivity contribution in [2.45, 2.75) is 32.2 Å². The lowest BCUT2D eigenvalue weighted by Gasteiger charge is -2.25. The number of alkyl halides is 1. The minimum atomic E-state index is 0.438. The van der Waals surface area contributed by atoms with Gasteiger partial charge in [-0.3, -0.25) is 4.68 Å². The lowest BCUT2D eigenvalue weighted by atomic mass is 9.89. The van der Waals surface area contributed by atoms with Crippen molar-refractivity contribution in [2.75, 3.05) is 5.33 Å². The maximum Gasteiger partial charge on any atom is 0.137 e. The molecule has 0 bridgehead atoms. The van der Waals surface area contributed by atoms with Gasteiger partial charge in [0.1, 0.15) is 12.7 Å². The molecular weight excluding hydrogens is 230 g/mol. The van der Waals surface area contributed by atoms with Crippen LogP contribution in [0, 0.1) is 5.41 Å². The zero-order valence-electron chi connectivity index (χ0n) is 7.62. The van der Waals surface area contributed by atoms with E-state index in [1.807, 2.05) is 11.0 Å². The van der Waals surface area contributed by atoms with Crippen molar-refractivity contribution >= 4 is 15.9 Å². The van der Waals surface area contributed by atoms with Crippen molar-refractivity contribution in [3.63, 3.8) is 0 Å². The van der Waals surface area contributed by atoms with Crippen molar-refractivity contribution < 1.29 is 0 Å². The summed E-state index contributed by atoms with van der Waals surface area (Å²) in [5.74, 6) is 0. The predicted octanol–water partition coefficient (Wildman–Crippen LogP) is 2.23. The number of rotatable bonds is 3. The zero-order valence-corrected chi connectivity index (χ0v) is 9.20. The van der Waals surface area contributed by atoms with E-state index in [1.165, 1.54) is 25.7 Å². The zero-order chi connectivity index (χ0) is 9.15. The van der Waals surface area contributed by atoms with Gasteiger partial charge in [-0.15, -0.1) is 0 Å². The van der Waals surface area contributed by atoms with Crippen LogP contribution in [0.5, 0.6) is 0 Å². The average molecular weight is 244 g/mol. The summed E-state index contributed by atoms with van der Waals surface area (Å²) in [6, 6.07) is 0. The minimum absolute atomic E-state index is 0.438. The molecule has 0 unspecified atom stereocenters. The van der Waals surface area contributed by atoms with Gasteiger partial charge in [-0.05, 0) is 18.3 Å². The second-order valence-corrected chi connectivity index (χ2v) is 4.49. The third kappa shape index (κ3) is 1.93. The van der Waals surface area contributed by atoms with Crippen LogP contribution in [0.1, 0.15) is 25.7 Å². The molecule has 0 aromatic carbocycles. The number of aromatic nitrogens is 3. The molecule has 1 saturated carbocycles. The monoisotopic (exact) mass is 243 g/mol. The molecule has 0 atom stereocenters. The van der Waals surface area contributed by atoms with Crippen molar-refractivity contribution in [2.24, 2.45) is 5.41 Å². The van der Waals surface area contributed by atoms with Crippen LogP contribution in [0.3, 0.4) is 0 Å². The number of hydrogen-bond acceptors (Lipinski definition) is 2. The van der Waals surface area contributed by atoms with Crippen molar-refractivity contribution in [1.29, 1.82) is 0 Å². The smallest absolute Gasteiger partial charge is 0.137 e. The summed E-state index contributed by atoms with van der Waals surface area (Å²) in [5, 5.41) is 5.24. The highest BCUT2D eigenvalue weighted by molar-refractivity contribution is 9.09. The molecule has 0 radical (unpaired) electrons. The molecule has 1 aliphatic rings. The van der Waals surface area contributed by atoms with Gasteiger partial charge in [0.2, 0.25) is 0 Å². The van der Waals surface area contributed by atoms with Gasteiger partial charge in [-0.1, -0.05) is 28.8 Å². The first-order chi connectivity index (χ1) is 6.35. The first-order valence-electron chi connectivity index (χ1n) is 4.73. The largest absolute Gasteiger partial charge is 0.252 e. The Kier molecular flexibility index (Phi) is 2.67. The molecule has 0 spiro atoms. The van der Waals surface area contributed by atoms with E-state index in [9.17, 15) is 0 Å². The van der Waals surface area contributed by atoms with Crippen molar-refractivity contribution in [3.05, 3.63) is 12.7 Å².